The van der Waals surface area contributed by atoms with E-state index in [9.17, 15) is 18.7 Å². The Morgan fingerprint density at radius 1 is 1.18 bits per heavy atom. The fourth-order valence-corrected chi connectivity index (χ4v) is 4.71. The van der Waals surface area contributed by atoms with Crippen LogP contribution in [0.3, 0.4) is 0 Å². The molecule has 2 aromatic carbocycles. The second-order valence-electron chi connectivity index (χ2n) is 9.52. The Morgan fingerprint density at radius 3 is 2.67 bits per heavy atom. The molecule has 0 spiro atoms. The SMILES string of the molecule is Cc1c(OCC(O)CO)nn(-c2ccccc2)c1NC(=O)N[C@@H]1CN(c2cn[nH]c2)C[C@H]1c1ccc(F)c(F)c1. The van der Waals surface area contributed by atoms with Gasteiger partial charge in [0.05, 0.1) is 35.8 Å². The van der Waals surface area contributed by atoms with E-state index in [2.05, 4.69) is 25.9 Å². The smallest absolute Gasteiger partial charge is 0.320 e. The van der Waals surface area contributed by atoms with Crippen LogP contribution in [-0.2, 0) is 0 Å². The van der Waals surface area contributed by atoms with Gasteiger partial charge in [0, 0.05) is 25.2 Å². The maximum atomic E-state index is 14.1. The number of carbonyl (C=O) groups is 1. The van der Waals surface area contributed by atoms with E-state index in [1.54, 1.807) is 31.5 Å². The van der Waals surface area contributed by atoms with Crippen molar-refractivity contribution in [1.82, 2.24) is 25.3 Å². The molecule has 2 amide bonds. The summed E-state index contributed by atoms with van der Waals surface area (Å²) < 4.78 is 34.9. The molecule has 5 N–H and O–H groups in total. The third kappa shape index (κ3) is 5.75. The summed E-state index contributed by atoms with van der Waals surface area (Å²) in [5.41, 5.74) is 2.53. The number of hydrogen-bond acceptors (Lipinski definition) is 7. The van der Waals surface area contributed by atoms with Crippen molar-refractivity contribution in [3.63, 3.8) is 0 Å². The van der Waals surface area contributed by atoms with Gasteiger partial charge >= 0.3 is 6.03 Å². The predicted molar refractivity (Wildman–Crippen MR) is 143 cm³/mol. The third-order valence-electron chi connectivity index (χ3n) is 6.79. The van der Waals surface area contributed by atoms with Crippen molar-refractivity contribution in [2.45, 2.75) is 25.0 Å². The second-order valence-corrected chi connectivity index (χ2v) is 9.52. The fraction of sp³-hybridized carbons (Fsp3) is 0.296. The van der Waals surface area contributed by atoms with Crippen molar-refractivity contribution in [3.8, 4) is 11.6 Å². The molecule has 2 aromatic heterocycles. The minimum atomic E-state index is -1.09. The highest BCUT2D eigenvalue weighted by molar-refractivity contribution is 5.90. The first-order valence-electron chi connectivity index (χ1n) is 12.7. The molecule has 0 bridgehead atoms. The molecular formula is C27H29F2N7O4. The van der Waals surface area contributed by atoms with Crippen LogP contribution in [0.1, 0.15) is 17.0 Å². The molecule has 1 aliphatic heterocycles. The molecule has 0 saturated carbocycles. The Labute approximate surface area is 228 Å². The zero-order valence-corrected chi connectivity index (χ0v) is 21.6. The van der Waals surface area contributed by atoms with Crippen LogP contribution in [0, 0.1) is 18.6 Å². The van der Waals surface area contributed by atoms with Gasteiger partial charge in [-0.25, -0.2) is 18.3 Å². The van der Waals surface area contributed by atoms with E-state index in [0.717, 1.165) is 17.8 Å². The quantitative estimate of drug-likeness (QED) is 0.215. The van der Waals surface area contributed by atoms with Crippen molar-refractivity contribution in [3.05, 3.63) is 83.7 Å². The van der Waals surface area contributed by atoms with Gasteiger partial charge in [-0.2, -0.15) is 5.10 Å². The summed E-state index contributed by atoms with van der Waals surface area (Å²) in [6, 6.07) is 11.9. The Balaban J connectivity index is 1.39. The molecule has 0 radical (unpaired) electrons. The lowest BCUT2D eigenvalue weighted by Crippen LogP contribution is -2.42. The van der Waals surface area contributed by atoms with Gasteiger partial charge in [0.15, 0.2) is 11.6 Å². The minimum Gasteiger partial charge on any atom is -0.474 e. The van der Waals surface area contributed by atoms with Crippen LogP contribution in [0.2, 0.25) is 0 Å². The van der Waals surface area contributed by atoms with E-state index < -0.39 is 36.4 Å². The van der Waals surface area contributed by atoms with Gasteiger partial charge in [0.2, 0.25) is 5.88 Å². The number of rotatable bonds is 9. The number of nitrogens with zero attached hydrogens (tertiary/aromatic N) is 4. The lowest BCUT2D eigenvalue weighted by atomic mass is 9.94. The highest BCUT2D eigenvalue weighted by Gasteiger charge is 2.36. The molecule has 5 rings (SSSR count). The molecule has 1 aliphatic rings. The molecule has 11 nitrogen and oxygen atoms in total. The van der Waals surface area contributed by atoms with E-state index in [1.807, 2.05) is 23.1 Å². The van der Waals surface area contributed by atoms with Crippen LogP contribution in [0.25, 0.3) is 5.69 Å². The highest BCUT2D eigenvalue weighted by atomic mass is 19.2. The van der Waals surface area contributed by atoms with E-state index in [-0.39, 0.29) is 18.4 Å². The van der Waals surface area contributed by atoms with Gasteiger partial charge in [-0.3, -0.25) is 10.4 Å². The van der Waals surface area contributed by atoms with Gasteiger partial charge in [-0.15, -0.1) is 5.10 Å². The van der Waals surface area contributed by atoms with Crippen LogP contribution in [0.5, 0.6) is 5.88 Å². The number of aromatic nitrogens is 4. The molecule has 1 unspecified atom stereocenters. The van der Waals surface area contributed by atoms with Crippen LogP contribution >= 0.6 is 0 Å². The van der Waals surface area contributed by atoms with Gasteiger partial charge in [-0.05, 0) is 36.8 Å². The predicted octanol–water partition coefficient (Wildman–Crippen LogP) is 2.71. The molecule has 210 valence electrons. The fourth-order valence-electron chi connectivity index (χ4n) is 4.71. The number of hydrogen-bond donors (Lipinski definition) is 5. The lowest BCUT2D eigenvalue weighted by Gasteiger charge is -2.21. The number of nitrogens with one attached hydrogen (secondary N) is 3. The summed E-state index contributed by atoms with van der Waals surface area (Å²) in [6.45, 7) is 1.91. The van der Waals surface area contributed by atoms with Crippen molar-refractivity contribution >= 4 is 17.5 Å². The maximum Gasteiger partial charge on any atom is 0.320 e. The number of H-pyrrole nitrogens is 1. The first kappa shape index (κ1) is 27.1. The normalized spacial score (nSPS) is 17.6. The Hall–Kier alpha value is -4.49. The largest absolute Gasteiger partial charge is 0.474 e. The van der Waals surface area contributed by atoms with Crippen LogP contribution in [0.4, 0.5) is 25.1 Å². The number of aromatic amines is 1. The van der Waals surface area contributed by atoms with Crippen molar-refractivity contribution in [2.24, 2.45) is 0 Å². The number of amides is 2. The summed E-state index contributed by atoms with van der Waals surface area (Å²) in [7, 11) is 0. The maximum absolute atomic E-state index is 14.1. The topological polar surface area (TPSA) is 141 Å². The molecule has 0 aliphatic carbocycles. The van der Waals surface area contributed by atoms with Crippen molar-refractivity contribution in [1.29, 1.82) is 0 Å². The zero-order chi connectivity index (χ0) is 28.2. The van der Waals surface area contributed by atoms with E-state index >= 15 is 0 Å². The summed E-state index contributed by atoms with van der Waals surface area (Å²) in [5.74, 6) is -1.71. The molecule has 13 heteroatoms. The third-order valence-corrected chi connectivity index (χ3v) is 6.79. The minimum absolute atomic E-state index is 0.179. The number of aliphatic hydroxyl groups is 2. The zero-order valence-electron chi connectivity index (χ0n) is 21.6. The number of urea groups is 1. The lowest BCUT2D eigenvalue weighted by molar-refractivity contribution is 0.0518. The molecule has 1 saturated heterocycles. The van der Waals surface area contributed by atoms with Crippen LogP contribution in [0.15, 0.2) is 60.9 Å². The van der Waals surface area contributed by atoms with Gasteiger partial charge < -0.3 is 25.2 Å². The number of halogens is 2. The molecular weight excluding hydrogens is 524 g/mol. The number of para-hydroxylation sites is 1. The Kier molecular flexibility index (Phi) is 7.94. The standard InChI is InChI=1S/C27H29F2N7O4/c1-16-25(36(18-5-3-2-4-6-18)34-26(16)40-15-20(38)14-37)33-27(39)32-24-13-35(19-10-30-31-11-19)12-21(24)17-7-8-22(28)23(29)9-17/h2-11,20-21,24,37-38H,12-15H2,1H3,(H,30,31)(H2,32,33,39)/t20?,21-,24+/m0/s1. The van der Waals surface area contributed by atoms with Gasteiger partial charge in [0.25, 0.3) is 0 Å². The Morgan fingerprint density at radius 2 is 1.98 bits per heavy atom. The Bertz CT molecular complexity index is 1450. The monoisotopic (exact) mass is 553 g/mol. The number of aliphatic hydroxyl groups excluding tert-OH is 2. The van der Waals surface area contributed by atoms with Crippen molar-refractivity contribution < 1.29 is 28.5 Å². The summed E-state index contributed by atoms with van der Waals surface area (Å²) in [6.07, 6.45) is 2.29. The van der Waals surface area contributed by atoms with E-state index in [1.165, 1.54) is 10.7 Å². The first-order valence-corrected chi connectivity index (χ1v) is 12.7. The van der Waals surface area contributed by atoms with Gasteiger partial charge in [-0.1, -0.05) is 24.3 Å². The molecule has 3 atom stereocenters. The average molecular weight is 554 g/mol. The number of anilines is 2. The number of ether oxygens (including phenoxy) is 1. The summed E-state index contributed by atoms with van der Waals surface area (Å²) in [5, 5.41) is 35.9. The molecule has 40 heavy (non-hydrogen) atoms. The number of benzene rings is 2. The molecule has 4 aromatic rings. The highest BCUT2D eigenvalue weighted by Crippen LogP contribution is 2.32. The summed E-state index contributed by atoms with van der Waals surface area (Å²) >= 11 is 0. The average Bonchev–Trinajstić information content (AvgIpc) is 3.70. The van der Waals surface area contributed by atoms with Crippen LogP contribution in [-0.4, -0.2) is 74.7 Å². The van der Waals surface area contributed by atoms with E-state index in [0.29, 0.717) is 35.7 Å². The van der Waals surface area contributed by atoms with Crippen LogP contribution < -0.4 is 20.3 Å². The summed E-state index contributed by atoms with van der Waals surface area (Å²) in [4.78, 5) is 15.4. The van der Waals surface area contributed by atoms with E-state index in [4.69, 9.17) is 9.84 Å². The molecule has 1 fully saturated rings. The first-order chi connectivity index (χ1) is 19.3. The second kappa shape index (κ2) is 11.7. The van der Waals surface area contributed by atoms with Crippen molar-refractivity contribution in [2.75, 3.05) is 36.5 Å². The van der Waals surface area contributed by atoms with Gasteiger partial charge in [0.1, 0.15) is 18.5 Å². The molecule has 3 heterocycles. The number of carbonyl (C=O) groups excluding carboxylic acids is 1.